The number of aryl methyl sites for hydroxylation is 1. The minimum atomic E-state index is -0.381. The maximum atomic E-state index is 13.2. The van der Waals surface area contributed by atoms with E-state index in [2.05, 4.69) is 36.3 Å². The average Bonchev–Trinajstić information content (AvgIpc) is 3.37. The maximum absolute atomic E-state index is 13.2. The largest absolute Gasteiger partial charge is 0.382 e. The van der Waals surface area contributed by atoms with Gasteiger partial charge in [-0.1, -0.05) is 18.2 Å². The van der Waals surface area contributed by atoms with Crippen molar-refractivity contribution in [2.75, 3.05) is 18.9 Å². The highest BCUT2D eigenvalue weighted by molar-refractivity contribution is 5.98. The van der Waals surface area contributed by atoms with Crippen molar-refractivity contribution in [3.63, 3.8) is 0 Å². The number of carbonyl (C=O) groups is 1. The molecule has 0 radical (unpaired) electrons. The molecule has 1 aromatic carbocycles. The fourth-order valence-corrected chi connectivity index (χ4v) is 4.57. The van der Waals surface area contributed by atoms with Gasteiger partial charge in [0.1, 0.15) is 11.4 Å². The summed E-state index contributed by atoms with van der Waals surface area (Å²) in [5, 5.41) is 8.41. The summed E-state index contributed by atoms with van der Waals surface area (Å²) in [5.74, 6) is -0.330. The molecule has 4 aromatic heterocycles. The molecular weight excluding hydrogens is 466 g/mol. The minimum Gasteiger partial charge on any atom is -0.382 e. The summed E-state index contributed by atoms with van der Waals surface area (Å²) >= 11 is 0. The van der Waals surface area contributed by atoms with Crippen molar-refractivity contribution in [1.82, 2.24) is 39.9 Å². The van der Waals surface area contributed by atoms with E-state index in [0.29, 0.717) is 30.3 Å². The lowest BCUT2D eigenvalue weighted by Crippen LogP contribution is -2.41. The van der Waals surface area contributed by atoms with Crippen LogP contribution in [0.3, 0.4) is 0 Å². The van der Waals surface area contributed by atoms with E-state index >= 15 is 0 Å². The fourth-order valence-electron chi connectivity index (χ4n) is 4.57. The van der Waals surface area contributed by atoms with E-state index in [9.17, 15) is 4.79 Å². The van der Waals surface area contributed by atoms with Gasteiger partial charge >= 0.3 is 0 Å². The monoisotopic (exact) mass is 491 g/mol. The topological polar surface area (TPSA) is 128 Å². The zero-order valence-corrected chi connectivity index (χ0v) is 20.3. The number of nitrogens with two attached hydrogens (primary N) is 1. The molecule has 0 unspecified atom stereocenters. The summed E-state index contributed by atoms with van der Waals surface area (Å²) < 4.78 is 1.69. The van der Waals surface area contributed by atoms with Crippen molar-refractivity contribution in [2.45, 2.75) is 13.0 Å². The van der Waals surface area contributed by atoms with Gasteiger partial charge in [-0.15, -0.1) is 0 Å². The lowest BCUT2D eigenvalue weighted by molar-refractivity contribution is 0.0912. The minimum absolute atomic E-state index is 0.0509. The van der Waals surface area contributed by atoms with E-state index < -0.39 is 0 Å². The van der Waals surface area contributed by atoms with Crippen molar-refractivity contribution < 1.29 is 4.79 Å². The van der Waals surface area contributed by atoms with Crippen LogP contribution in [0.25, 0.3) is 33.5 Å². The number of carbonyl (C=O) groups excluding carboxylic acids is 1. The Kier molecular flexibility index (Phi) is 5.78. The molecule has 37 heavy (non-hydrogen) atoms. The van der Waals surface area contributed by atoms with Crippen LogP contribution < -0.4 is 11.1 Å². The Morgan fingerprint density at radius 3 is 2.78 bits per heavy atom. The SMILES string of the molecule is Cn1ccc(-c2nc(N)c(C(=O)NCN3CCc4cccnc4C3)nc2-c2ccc3ncccc3c2)n1. The van der Waals surface area contributed by atoms with Gasteiger partial charge in [0.25, 0.3) is 5.91 Å². The Hall–Kier alpha value is -4.70. The molecule has 3 N–H and O–H groups in total. The number of pyridine rings is 2. The van der Waals surface area contributed by atoms with Crippen molar-refractivity contribution in [3.8, 4) is 22.6 Å². The van der Waals surface area contributed by atoms with Crippen LogP contribution in [0, 0.1) is 0 Å². The van der Waals surface area contributed by atoms with Gasteiger partial charge < -0.3 is 11.1 Å². The molecule has 1 aliphatic heterocycles. The first-order valence-electron chi connectivity index (χ1n) is 12.0. The molecule has 0 aliphatic carbocycles. The van der Waals surface area contributed by atoms with Crippen LogP contribution in [0.5, 0.6) is 0 Å². The van der Waals surface area contributed by atoms with Crippen LogP contribution in [-0.2, 0) is 20.0 Å². The zero-order valence-electron chi connectivity index (χ0n) is 20.3. The molecule has 10 nitrogen and oxygen atoms in total. The zero-order chi connectivity index (χ0) is 25.4. The Morgan fingerprint density at radius 1 is 1.05 bits per heavy atom. The van der Waals surface area contributed by atoms with Gasteiger partial charge in [-0.05, 0) is 42.3 Å². The molecule has 10 heteroatoms. The number of benzene rings is 1. The van der Waals surface area contributed by atoms with Gasteiger partial charge in [-0.25, -0.2) is 9.97 Å². The number of hydrogen-bond acceptors (Lipinski definition) is 8. The predicted molar refractivity (Wildman–Crippen MR) is 140 cm³/mol. The molecular formula is C27H25N9O. The summed E-state index contributed by atoms with van der Waals surface area (Å²) in [6.45, 7) is 1.86. The summed E-state index contributed by atoms with van der Waals surface area (Å²) in [6.07, 6.45) is 6.27. The number of anilines is 1. The molecule has 1 amide bonds. The lowest BCUT2D eigenvalue weighted by atomic mass is 10.0. The smallest absolute Gasteiger partial charge is 0.274 e. The third-order valence-electron chi connectivity index (χ3n) is 6.49. The molecule has 0 fully saturated rings. The van der Waals surface area contributed by atoms with Crippen LogP contribution in [0.15, 0.2) is 67.1 Å². The molecule has 0 spiro atoms. The first-order valence-corrected chi connectivity index (χ1v) is 12.0. The molecule has 6 rings (SSSR count). The summed E-state index contributed by atoms with van der Waals surface area (Å²) in [7, 11) is 1.83. The predicted octanol–water partition coefficient (Wildman–Crippen LogP) is 2.82. The van der Waals surface area contributed by atoms with Gasteiger partial charge in [0.15, 0.2) is 11.5 Å². The van der Waals surface area contributed by atoms with Crippen LogP contribution in [0.2, 0.25) is 0 Å². The third kappa shape index (κ3) is 4.50. The Balaban J connectivity index is 1.32. The first kappa shape index (κ1) is 22.7. The number of rotatable bonds is 5. The van der Waals surface area contributed by atoms with Gasteiger partial charge in [-0.2, -0.15) is 5.10 Å². The van der Waals surface area contributed by atoms with E-state index in [4.69, 9.17) is 10.7 Å². The summed E-state index contributed by atoms with van der Waals surface area (Å²) in [6, 6.07) is 15.6. The normalized spacial score (nSPS) is 13.4. The second-order valence-corrected chi connectivity index (χ2v) is 9.02. The molecule has 0 bridgehead atoms. The Bertz CT molecular complexity index is 1630. The second-order valence-electron chi connectivity index (χ2n) is 9.02. The van der Waals surface area contributed by atoms with Crippen LogP contribution in [-0.4, -0.2) is 53.7 Å². The molecule has 1 aliphatic rings. The number of hydrogen-bond donors (Lipinski definition) is 2. The molecule has 0 atom stereocenters. The van der Waals surface area contributed by atoms with E-state index in [1.807, 2.05) is 55.7 Å². The number of amides is 1. The van der Waals surface area contributed by atoms with Crippen LogP contribution in [0.1, 0.15) is 21.7 Å². The third-order valence-corrected chi connectivity index (χ3v) is 6.49. The number of nitrogens with zero attached hydrogens (tertiary/aromatic N) is 7. The van der Waals surface area contributed by atoms with Crippen molar-refractivity contribution in [1.29, 1.82) is 0 Å². The van der Waals surface area contributed by atoms with E-state index in [-0.39, 0.29) is 17.4 Å². The van der Waals surface area contributed by atoms with E-state index in [1.54, 1.807) is 17.1 Å². The molecule has 184 valence electrons. The van der Waals surface area contributed by atoms with Crippen LogP contribution in [0.4, 0.5) is 5.82 Å². The number of aromatic nitrogens is 6. The Morgan fingerprint density at radius 2 is 1.92 bits per heavy atom. The van der Waals surface area contributed by atoms with E-state index in [0.717, 1.165) is 35.1 Å². The average molecular weight is 492 g/mol. The highest BCUT2D eigenvalue weighted by atomic mass is 16.2. The molecule has 5 aromatic rings. The highest BCUT2D eigenvalue weighted by Gasteiger charge is 2.23. The van der Waals surface area contributed by atoms with Crippen LogP contribution >= 0.6 is 0 Å². The van der Waals surface area contributed by atoms with Gasteiger partial charge in [0.2, 0.25) is 0 Å². The number of fused-ring (bicyclic) bond motifs is 2. The van der Waals surface area contributed by atoms with Crippen molar-refractivity contribution in [3.05, 3.63) is 84.1 Å². The number of nitrogens with one attached hydrogen (secondary N) is 1. The molecule has 0 saturated heterocycles. The molecule has 0 saturated carbocycles. The summed E-state index contributed by atoms with van der Waals surface area (Å²) in [5.41, 5.74) is 12.0. The second kappa shape index (κ2) is 9.40. The van der Waals surface area contributed by atoms with E-state index in [1.165, 1.54) is 5.56 Å². The van der Waals surface area contributed by atoms with Gasteiger partial charge in [-0.3, -0.25) is 24.3 Å². The van der Waals surface area contributed by atoms with Gasteiger partial charge in [0.05, 0.1) is 23.6 Å². The molecule has 5 heterocycles. The fraction of sp³-hybridized carbons (Fsp3) is 0.185. The maximum Gasteiger partial charge on any atom is 0.274 e. The summed E-state index contributed by atoms with van der Waals surface area (Å²) in [4.78, 5) is 33.6. The standard InChI is InChI=1S/C27H25N9O/c1-35-12-9-21(34-35)24-23(19-6-7-20-18(14-19)5-3-10-29-20)32-25(26(28)33-24)27(37)31-16-36-13-8-17-4-2-11-30-22(17)15-36/h2-7,9-12,14H,8,13,15-16H2,1H3,(H2,28,33)(H,31,37). The first-order chi connectivity index (χ1) is 18.0. The Labute approximate surface area is 213 Å². The highest BCUT2D eigenvalue weighted by Crippen LogP contribution is 2.31. The quantitative estimate of drug-likeness (QED) is 0.384. The van der Waals surface area contributed by atoms with Gasteiger partial charge in [0, 0.05) is 49.7 Å². The van der Waals surface area contributed by atoms with Crippen molar-refractivity contribution in [2.24, 2.45) is 7.05 Å². The number of nitrogen functional groups attached to an aromatic ring is 1. The lowest BCUT2D eigenvalue weighted by Gasteiger charge is -2.27. The van der Waals surface area contributed by atoms with Crippen molar-refractivity contribution >= 4 is 22.6 Å².